The van der Waals surface area contributed by atoms with E-state index in [4.69, 9.17) is 25.4 Å². The summed E-state index contributed by atoms with van der Waals surface area (Å²) in [7, 11) is -3.44. The first kappa shape index (κ1) is 18.9. The second-order valence-electron chi connectivity index (χ2n) is 3.95. The van der Waals surface area contributed by atoms with E-state index >= 15 is 0 Å². The second kappa shape index (κ2) is 10.7. The van der Waals surface area contributed by atoms with Crippen LogP contribution in [0.15, 0.2) is 0 Å². The maximum absolute atomic E-state index is 12.6. The Bertz CT molecular complexity index is 288. The van der Waals surface area contributed by atoms with E-state index in [-0.39, 0.29) is 19.1 Å². The molecule has 0 N–H and O–H groups in total. The van der Waals surface area contributed by atoms with Gasteiger partial charge in [-0.25, -0.2) is 0 Å². The van der Waals surface area contributed by atoms with E-state index in [1.165, 1.54) is 0 Å². The van der Waals surface area contributed by atoms with Crippen LogP contribution in [0.4, 0.5) is 0 Å². The third-order valence-corrected chi connectivity index (χ3v) is 4.93. The highest BCUT2D eigenvalue weighted by Gasteiger charge is 2.38. The highest BCUT2D eigenvalue weighted by Crippen LogP contribution is 2.55. The predicted octanol–water partition coefficient (Wildman–Crippen LogP) is 3.94. The largest absolute Gasteiger partial charge is 0.448 e. The Morgan fingerprint density at radius 2 is 1.74 bits per heavy atom. The molecular formula is C12H24ClO5P. The van der Waals surface area contributed by atoms with Crippen molar-refractivity contribution in [2.45, 2.75) is 52.3 Å². The molecule has 0 radical (unpaired) electrons. The Hall–Kier alpha value is -0.0900. The molecule has 5 nitrogen and oxygen atoms in total. The van der Waals surface area contributed by atoms with Gasteiger partial charge >= 0.3 is 13.6 Å². The summed E-state index contributed by atoms with van der Waals surface area (Å²) in [6.07, 6.45) is 3.23. The quantitative estimate of drug-likeness (QED) is 0.250. The predicted molar refractivity (Wildman–Crippen MR) is 75.6 cm³/mol. The lowest BCUT2D eigenvalue weighted by Gasteiger charge is -2.25. The number of esters is 1. The van der Waals surface area contributed by atoms with Crippen LogP contribution in [0.25, 0.3) is 0 Å². The lowest BCUT2D eigenvalue weighted by Crippen LogP contribution is -2.22. The van der Waals surface area contributed by atoms with E-state index in [0.717, 1.165) is 19.3 Å². The number of alkyl halides is 1. The fourth-order valence-corrected chi connectivity index (χ4v) is 3.53. The first-order valence-electron chi connectivity index (χ1n) is 6.68. The normalized spacial score (nSPS) is 13.3. The van der Waals surface area contributed by atoms with Crippen molar-refractivity contribution in [3.63, 3.8) is 0 Å². The fraction of sp³-hybridized carbons (Fsp3) is 0.917. The van der Waals surface area contributed by atoms with Gasteiger partial charge in [-0.3, -0.25) is 9.36 Å². The topological polar surface area (TPSA) is 61.8 Å². The van der Waals surface area contributed by atoms with Crippen LogP contribution in [-0.2, 0) is 23.1 Å². The van der Waals surface area contributed by atoms with Crippen molar-refractivity contribution in [1.29, 1.82) is 0 Å². The summed E-state index contributed by atoms with van der Waals surface area (Å²) in [5.74, 6) is -1.75. The van der Waals surface area contributed by atoms with Gasteiger partial charge in [0, 0.05) is 0 Å². The first-order valence-corrected chi connectivity index (χ1v) is 8.82. The molecule has 0 fully saturated rings. The molecule has 1 atom stereocenters. The van der Waals surface area contributed by atoms with Crippen LogP contribution in [0.3, 0.4) is 0 Å². The molecule has 0 amide bonds. The van der Waals surface area contributed by atoms with Crippen molar-refractivity contribution in [2.75, 3.05) is 19.1 Å². The highest BCUT2D eigenvalue weighted by atomic mass is 35.5. The van der Waals surface area contributed by atoms with Gasteiger partial charge in [-0.15, -0.1) is 11.6 Å². The Labute approximate surface area is 120 Å². The summed E-state index contributed by atoms with van der Waals surface area (Å²) in [6, 6.07) is 0. The molecule has 19 heavy (non-hydrogen) atoms. The maximum Gasteiger partial charge on any atom is 0.370 e. The number of hydrogen-bond donors (Lipinski definition) is 0. The van der Waals surface area contributed by atoms with E-state index in [9.17, 15) is 9.36 Å². The van der Waals surface area contributed by atoms with Gasteiger partial charge in [-0.2, -0.15) is 0 Å². The Kier molecular flexibility index (Phi) is 10.6. The van der Waals surface area contributed by atoms with E-state index in [1.807, 2.05) is 0 Å². The number of halogens is 1. The van der Waals surface area contributed by atoms with E-state index in [0.29, 0.717) is 6.42 Å². The van der Waals surface area contributed by atoms with Crippen LogP contribution < -0.4 is 0 Å². The summed E-state index contributed by atoms with van der Waals surface area (Å²) in [5.41, 5.74) is 0. The number of ether oxygens (including phenoxy) is 1. The van der Waals surface area contributed by atoms with Gasteiger partial charge in [0.15, 0.2) is 0 Å². The molecule has 0 aliphatic rings. The fourth-order valence-electron chi connectivity index (χ4n) is 1.60. The summed E-state index contributed by atoms with van der Waals surface area (Å²) in [5, 5.41) is 0. The molecule has 0 aliphatic heterocycles. The van der Waals surface area contributed by atoms with Crippen LogP contribution in [-0.4, -0.2) is 30.9 Å². The van der Waals surface area contributed by atoms with Crippen LogP contribution in [0.1, 0.15) is 46.5 Å². The van der Waals surface area contributed by atoms with Gasteiger partial charge in [0.25, 0.3) is 0 Å². The molecule has 1 unspecified atom stereocenters. The summed E-state index contributed by atoms with van der Waals surface area (Å²) < 4.78 is 28.2. The van der Waals surface area contributed by atoms with E-state index in [1.54, 1.807) is 13.8 Å². The molecule has 114 valence electrons. The Morgan fingerprint density at radius 3 is 2.16 bits per heavy atom. The van der Waals surface area contributed by atoms with Gasteiger partial charge in [-0.1, -0.05) is 19.8 Å². The van der Waals surface area contributed by atoms with Crippen LogP contribution in [0.5, 0.6) is 0 Å². The number of carbonyl (C=O) groups is 1. The molecule has 0 rings (SSSR count). The van der Waals surface area contributed by atoms with Crippen molar-refractivity contribution >= 4 is 25.2 Å². The van der Waals surface area contributed by atoms with Crippen LogP contribution in [0.2, 0.25) is 0 Å². The summed E-state index contributed by atoms with van der Waals surface area (Å²) in [4.78, 5) is 11.3. The van der Waals surface area contributed by atoms with Gasteiger partial charge in [-0.05, 0) is 26.7 Å². The smallest absolute Gasteiger partial charge is 0.370 e. The third-order valence-electron chi connectivity index (χ3n) is 2.40. The van der Waals surface area contributed by atoms with E-state index < -0.39 is 19.4 Å². The highest BCUT2D eigenvalue weighted by molar-refractivity contribution is 7.54. The average Bonchev–Trinajstić information content (AvgIpc) is 2.38. The Balaban J connectivity index is 4.81. The third kappa shape index (κ3) is 7.31. The SMILES string of the molecule is CCCCCC(OC(=O)CCl)P(=O)(OCC)OCC. The molecule has 0 saturated heterocycles. The number of carbonyl (C=O) groups excluding carboxylic acids is 1. The minimum atomic E-state index is -3.44. The lowest BCUT2D eigenvalue weighted by molar-refractivity contribution is -0.143. The van der Waals surface area contributed by atoms with Crippen molar-refractivity contribution < 1.29 is 23.1 Å². The standard InChI is InChI=1S/C12H24ClO5P/c1-4-7-8-9-12(18-11(14)10-13)19(15,16-5-2)17-6-3/h12H,4-10H2,1-3H3. The molecule has 0 aromatic rings. The van der Waals surface area contributed by atoms with Gasteiger partial charge in [0.1, 0.15) is 5.88 Å². The molecule has 0 aromatic carbocycles. The van der Waals surface area contributed by atoms with Gasteiger partial charge < -0.3 is 13.8 Å². The van der Waals surface area contributed by atoms with Crippen molar-refractivity contribution in [2.24, 2.45) is 0 Å². The van der Waals surface area contributed by atoms with Crippen LogP contribution in [0, 0.1) is 0 Å². The first-order chi connectivity index (χ1) is 9.03. The van der Waals surface area contributed by atoms with Crippen molar-refractivity contribution in [3.05, 3.63) is 0 Å². The lowest BCUT2D eigenvalue weighted by atomic mass is 10.2. The summed E-state index contributed by atoms with van der Waals surface area (Å²) in [6.45, 7) is 5.97. The maximum atomic E-state index is 12.6. The average molecular weight is 315 g/mol. The van der Waals surface area contributed by atoms with Gasteiger partial charge in [0.2, 0.25) is 5.85 Å². The van der Waals surface area contributed by atoms with Crippen LogP contribution >= 0.6 is 19.2 Å². The molecular weight excluding hydrogens is 291 g/mol. The van der Waals surface area contributed by atoms with Crippen molar-refractivity contribution in [1.82, 2.24) is 0 Å². The zero-order chi connectivity index (χ0) is 14.7. The van der Waals surface area contributed by atoms with Gasteiger partial charge in [0.05, 0.1) is 13.2 Å². The summed E-state index contributed by atoms with van der Waals surface area (Å²) >= 11 is 5.42. The molecule has 0 spiro atoms. The number of rotatable bonds is 11. The number of unbranched alkanes of at least 4 members (excludes halogenated alkanes) is 2. The van der Waals surface area contributed by atoms with Crippen molar-refractivity contribution in [3.8, 4) is 0 Å². The zero-order valence-electron chi connectivity index (χ0n) is 11.9. The number of hydrogen-bond acceptors (Lipinski definition) is 5. The second-order valence-corrected chi connectivity index (χ2v) is 6.39. The molecule has 0 heterocycles. The van der Waals surface area contributed by atoms with E-state index in [2.05, 4.69) is 6.92 Å². The Morgan fingerprint density at radius 1 is 1.16 bits per heavy atom. The molecule has 7 heteroatoms. The minimum Gasteiger partial charge on any atom is -0.448 e. The molecule has 0 aliphatic carbocycles. The molecule has 0 aromatic heterocycles. The minimum absolute atomic E-state index is 0.236. The molecule has 0 saturated carbocycles. The molecule has 0 bridgehead atoms. The zero-order valence-corrected chi connectivity index (χ0v) is 13.5. The monoisotopic (exact) mass is 314 g/mol.